The highest BCUT2D eigenvalue weighted by molar-refractivity contribution is 14.1. The van der Waals surface area contributed by atoms with E-state index in [1.165, 1.54) is 13.8 Å². The normalized spacial score (nSPS) is 20.6. The van der Waals surface area contributed by atoms with Crippen LogP contribution < -0.4 is 10.6 Å². The van der Waals surface area contributed by atoms with E-state index in [0.29, 0.717) is 29.7 Å². The molecule has 2 amide bonds. The Morgan fingerprint density at radius 3 is 1.97 bits per heavy atom. The third-order valence-corrected chi connectivity index (χ3v) is 8.36. The van der Waals surface area contributed by atoms with E-state index in [1.807, 2.05) is 45.2 Å². The molecule has 0 saturated carbocycles. The second-order valence-corrected chi connectivity index (χ2v) is 11.1. The molecule has 0 atom stereocenters. The molecule has 0 spiro atoms. The Bertz CT molecular complexity index is 994. The van der Waals surface area contributed by atoms with E-state index < -0.39 is 21.3 Å². The molecular weight excluding hydrogens is 757 g/mol. The van der Waals surface area contributed by atoms with Gasteiger partial charge in [0, 0.05) is 21.0 Å². The molecule has 172 valence electrons. The molecule has 0 fully saturated rings. The monoisotopic (exact) mass is 778 g/mol. The first kappa shape index (κ1) is 27.0. The minimum absolute atomic E-state index is 0.194. The van der Waals surface area contributed by atoms with E-state index in [2.05, 4.69) is 33.2 Å². The maximum atomic E-state index is 12.5. The van der Waals surface area contributed by atoms with Gasteiger partial charge in [-0.05, 0) is 70.2 Å². The largest absolute Gasteiger partial charge is 0.481 e. The first-order valence-electron chi connectivity index (χ1n) is 9.46. The number of halogens is 3. The van der Waals surface area contributed by atoms with Crippen molar-refractivity contribution in [2.45, 2.75) is 30.6 Å². The van der Waals surface area contributed by atoms with Crippen molar-refractivity contribution >= 4 is 91.5 Å². The summed E-state index contributed by atoms with van der Waals surface area (Å²) in [5.74, 6) is -3.38. The Morgan fingerprint density at radius 2 is 1.53 bits per heavy atom. The minimum Gasteiger partial charge on any atom is -0.481 e. The Labute approximate surface area is 226 Å². The average Bonchev–Trinajstić information content (AvgIpc) is 2.69. The number of alkyl halides is 1. The van der Waals surface area contributed by atoms with Gasteiger partial charge in [-0.25, -0.2) is 4.79 Å². The van der Waals surface area contributed by atoms with Gasteiger partial charge in [-0.2, -0.15) is 0 Å². The number of carbonyl (C=O) groups excluding carboxylic acids is 3. The number of esters is 1. The van der Waals surface area contributed by atoms with E-state index >= 15 is 0 Å². The van der Waals surface area contributed by atoms with Gasteiger partial charge in [0.15, 0.2) is 0 Å². The van der Waals surface area contributed by atoms with Gasteiger partial charge in [0.1, 0.15) is 9.34 Å². The van der Waals surface area contributed by atoms with Crippen LogP contribution in [0.3, 0.4) is 0 Å². The number of ether oxygens (including phenoxy) is 1. The van der Waals surface area contributed by atoms with E-state index in [4.69, 9.17) is 4.74 Å². The molecule has 0 bridgehead atoms. The van der Waals surface area contributed by atoms with Gasteiger partial charge in [-0.3, -0.25) is 14.4 Å². The molecule has 1 aliphatic rings. The van der Waals surface area contributed by atoms with Gasteiger partial charge in [0.2, 0.25) is 11.8 Å². The van der Waals surface area contributed by atoms with Crippen LogP contribution in [0, 0.1) is 5.92 Å². The molecular formula is C21H21I3N2O6. The Morgan fingerprint density at radius 1 is 1.03 bits per heavy atom. The van der Waals surface area contributed by atoms with Crippen LogP contribution in [0.25, 0.3) is 0 Å². The van der Waals surface area contributed by atoms with Gasteiger partial charge < -0.3 is 20.5 Å². The van der Waals surface area contributed by atoms with Gasteiger partial charge in [-0.1, -0.05) is 40.8 Å². The molecule has 32 heavy (non-hydrogen) atoms. The summed E-state index contributed by atoms with van der Waals surface area (Å²) in [6.07, 6.45) is 0.194. The average molecular weight is 778 g/mol. The maximum Gasteiger partial charge on any atom is 0.338 e. The predicted molar refractivity (Wildman–Crippen MR) is 144 cm³/mol. The molecule has 11 heteroatoms. The second kappa shape index (κ2) is 11.3. The number of benzene rings is 1. The van der Waals surface area contributed by atoms with Crippen LogP contribution in [0.15, 0.2) is 42.8 Å². The molecule has 1 aliphatic carbocycles. The lowest BCUT2D eigenvalue weighted by Gasteiger charge is -2.40. The van der Waals surface area contributed by atoms with Gasteiger partial charge in [0.25, 0.3) is 0 Å². The van der Waals surface area contributed by atoms with Gasteiger partial charge >= 0.3 is 11.9 Å². The lowest BCUT2D eigenvalue weighted by molar-refractivity contribution is -0.139. The first-order valence-corrected chi connectivity index (χ1v) is 12.7. The van der Waals surface area contributed by atoms with Crippen molar-refractivity contribution in [1.29, 1.82) is 0 Å². The zero-order chi connectivity index (χ0) is 24.2. The summed E-state index contributed by atoms with van der Waals surface area (Å²) in [6.45, 7) is 4.59. The lowest BCUT2D eigenvalue weighted by Crippen LogP contribution is -2.48. The minimum atomic E-state index is -1.10. The standard InChI is InChI=1S/C21H21I3N2O6/c1-4-32-20(31)13-8-6-5-7-12(13)9-21(24)17(25-10(2)27)15(22)14(19(29)30)16(23)18(21)26-11(3)28/h5-8,14H,4,9H2,1-3H3,(H,25,27)(H,26,28)(H,29,30). The van der Waals surface area contributed by atoms with Gasteiger partial charge in [0.05, 0.1) is 23.6 Å². The highest BCUT2D eigenvalue weighted by Crippen LogP contribution is 2.50. The smallest absolute Gasteiger partial charge is 0.338 e. The lowest BCUT2D eigenvalue weighted by atomic mass is 9.83. The van der Waals surface area contributed by atoms with Crippen molar-refractivity contribution in [3.63, 3.8) is 0 Å². The molecule has 0 aromatic heterocycles. The zero-order valence-electron chi connectivity index (χ0n) is 17.4. The molecule has 0 aliphatic heterocycles. The third-order valence-electron chi connectivity index (χ3n) is 4.57. The van der Waals surface area contributed by atoms with Crippen LogP contribution in [0.5, 0.6) is 0 Å². The summed E-state index contributed by atoms with van der Waals surface area (Å²) in [5.41, 5.74) is 1.72. The maximum absolute atomic E-state index is 12.5. The highest BCUT2D eigenvalue weighted by Gasteiger charge is 2.48. The Balaban J connectivity index is 2.77. The summed E-state index contributed by atoms with van der Waals surface area (Å²) >= 11 is 5.97. The highest BCUT2D eigenvalue weighted by atomic mass is 127. The predicted octanol–water partition coefficient (Wildman–Crippen LogP) is 3.86. The van der Waals surface area contributed by atoms with Crippen molar-refractivity contribution in [3.8, 4) is 0 Å². The molecule has 0 saturated heterocycles. The number of carboxylic acids is 1. The molecule has 8 nitrogen and oxygen atoms in total. The van der Waals surface area contributed by atoms with Crippen LogP contribution >= 0.6 is 67.8 Å². The third kappa shape index (κ3) is 5.81. The van der Waals surface area contributed by atoms with Crippen LogP contribution in [-0.2, 0) is 25.5 Å². The molecule has 0 unspecified atom stereocenters. The Kier molecular flexibility index (Phi) is 9.51. The van der Waals surface area contributed by atoms with Crippen LogP contribution in [-0.4, -0.2) is 38.9 Å². The fraction of sp³-hybridized carbons (Fsp3) is 0.333. The van der Waals surface area contributed by atoms with Crippen molar-refractivity contribution < 1.29 is 29.0 Å². The zero-order valence-corrected chi connectivity index (χ0v) is 23.9. The molecule has 1 aromatic carbocycles. The van der Waals surface area contributed by atoms with Gasteiger partial charge in [-0.15, -0.1) is 0 Å². The molecule has 0 heterocycles. The SMILES string of the molecule is CCOC(=O)c1ccccc1CC1(I)C(NC(C)=O)=C(I)C(C(=O)O)C(I)=C1NC(C)=O. The number of aliphatic carboxylic acids is 1. The van der Waals surface area contributed by atoms with E-state index in [9.17, 15) is 24.3 Å². The molecule has 1 aromatic rings. The number of nitrogens with one attached hydrogen (secondary N) is 2. The number of hydrogen-bond acceptors (Lipinski definition) is 5. The summed E-state index contributed by atoms with van der Waals surface area (Å²) < 4.78 is 4.97. The number of hydrogen-bond donors (Lipinski definition) is 3. The molecule has 2 rings (SSSR count). The summed E-state index contributed by atoms with van der Waals surface area (Å²) in [4.78, 5) is 48.7. The summed E-state index contributed by atoms with van der Waals surface area (Å²) in [6, 6.07) is 6.92. The van der Waals surface area contributed by atoms with Crippen molar-refractivity contribution in [1.82, 2.24) is 10.6 Å². The molecule has 0 radical (unpaired) electrons. The number of amides is 2. The fourth-order valence-electron chi connectivity index (χ4n) is 3.31. The van der Waals surface area contributed by atoms with Crippen molar-refractivity contribution in [2.75, 3.05) is 6.61 Å². The Hall–Kier alpha value is -1.23. The quantitative estimate of drug-likeness (QED) is 0.220. The van der Waals surface area contributed by atoms with Crippen LogP contribution in [0.4, 0.5) is 0 Å². The van der Waals surface area contributed by atoms with Crippen molar-refractivity contribution in [3.05, 3.63) is 53.9 Å². The van der Waals surface area contributed by atoms with E-state index in [-0.39, 0.29) is 24.8 Å². The first-order chi connectivity index (χ1) is 14.9. The number of rotatable bonds is 7. The topological polar surface area (TPSA) is 122 Å². The fourth-order valence-corrected chi connectivity index (χ4v) is 8.55. The number of carboxylic acid groups (broad SMARTS) is 1. The van der Waals surface area contributed by atoms with E-state index in [0.717, 1.165) is 0 Å². The van der Waals surface area contributed by atoms with Crippen molar-refractivity contribution in [2.24, 2.45) is 5.92 Å². The van der Waals surface area contributed by atoms with Crippen LogP contribution in [0.2, 0.25) is 0 Å². The van der Waals surface area contributed by atoms with E-state index in [1.54, 1.807) is 31.2 Å². The van der Waals surface area contributed by atoms with Crippen LogP contribution in [0.1, 0.15) is 36.7 Å². The number of carbonyl (C=O) groups is 4. The summed E-state index contributed by atoms with van der Waals surface area (Å²) in [5, 5.41) is 15.4. The molecule has 3 N–H and O–H groups in total. The second-order valence-electron chi connectivity index (χ2n) is 6.94. The summed E-state index contributed by atoms with van der Waals surface area (Å²) in [7, 11) is 0.